The van der Waals surface area contributed by atoms with E-state index in [1.807, 2.05) is 25.3 Å². The Morgan fingerprint density at radius 1 is 1.47 bits per heavy atom. The van der Waals surface area contributed by atoms with E-state index in [1.165, 1.54) is 0 Å². The Hall–Kier alpha value is -1.46. The highest BCUT2D eigenvalue weighted by molar-refractivity contribution is 7.15. The van der Waals surface area contributed by atoms with Gasteiger partial charge in [0.2, 0.25) is 0 Å². The van der Waals surface area contributed by atoms with Crippen molar-refractivity contribution in [3.63, 3.8) is 0 Å². The molecule has 0 saturated heterocycles. The number of aliphatic hydroxyl groups excluding tert-OH is 1. The molecule has 2 aromatic heterocycles. The summed E-state index contributed by atoms with van der Waals surface area (Å²) in [6.45, 7) is 1.95. The van der Waals surface area contributed by atoms with Gasteiger partial charge in [0.25, 0.3) is 0 Å². The Labute approximate surface area is 91.6 Å². The second kappa shape index (κ2) is 4.37. The molecule has 2 N–H and O–H groups in total. The summed E-state index contributed by atoms with van der Waals surface area (Å²) in [6, 6.07) is 5.47. The van der Waals surface area contributed by atoms with E-state index in [2.05, 4.69) is 15.3 Å². The monoisotopic (exact) mass is 221 g/mol. The van der Waals surface area contributed by atoms with Gasteiger partial charge in [0.05, 0.1) is 12.3 Å². The fraction of sp³-hybridized carbons (Fsp3) is 0.200. The molecular weight excluding hydrogens is 210 g/mol. The normalized spacial score (nSPS) is 10.3. The molecule has 0 amide bonds. The fourth-order valence-corrected chi connectivity index (χ4v) is 1.83. The average Bonchev–Trinajstić information content (AvgIpc) is 2.64. The number of rotatable bonds is 3. The van der Waals surface area contributed by atoms with E-state index >= 15 is 0 Å². The zero-order valence-electron chi connectivity index (χ0n) is 8.27. The van der Waals surface area contributed by atoms with E-state index in [-0.39, 0.29) is 6.61 Å². The SMILES string of the molecule is Cc1cnc(Nc2cccc(CO)n2)s1. The predicted molar refractivity (Wildman–Crippen MR) is 60.3 cm³/mol. The summed E-state index contributed by atoms with van der Waals surface area (Å²) < 4.78 is 0. The molecular formula is C10H11N3OS. The van der Waals surface area contributed by atoms with Gasteiger partial charge >= 0.3 is 0 Å². The van der Waals surface area contributed by atoms with E-state index in [0.29, 0.717) is 11.5 Å². The third-order valence-corrected chi connectivity index (χ3v) is 2.65. The summed E-state index contributed by atoms with van der Waals surface area (Å²) in [4.78, 5) is 9.52. The zero-order valence-corrected chi connectivity index (χ0v) is 9.08. The van der Waals surface area contributed by atoms with Gasteiger partial charge in [0.1, 0.15) is 5.82 Å². The molecule has 0 aromatic carbocycles. The molecule has 0 aliphatic rings. The van der Waals surface area contributed by atoms with Crippen LogP contribution in [0.15, 0.2) is 24.4 Å². The molecule has 2 rings (SSSR count). The smallest absolute Gasteiger partial charge is 0.188 e. The first-order valence-electron chi connectivity index (χ1n) is 4.54. The van der Waals surface area contributed by atoms with Crippen molar-refractivity contribution in [1.29, 1.82) is 0 Å². The maximum absolute atomic E-state index is 8.93. The number of pyridine rings is 1. The van der Waals surface area contributed by atoms with Crippen molar-refractivity contribution in [2.24, 2.45) is 0 Å². The minimum absolute atomic E-state index is 0.0492. The molecule has 0 spiro atoms. The van der Waals surface area contributed by atoms with Crippen LogP contribution in [0.2, 0.25) is 0 Å². The van der Waals surface area contributed by atoms with E-state index in [1.54, 1.807) is 17.4 Å². The van der Waals surface area contributed by atoms with Crippen LogP contribution in [-0.4, -0.2) is 15.1 Å². The van der Waals surface area contributed by atoms with Gasteiger partial charge in [-0.05, 0) is 19.1 Å². The summed E-state index contributed by atoms with van der Waals surface area (Å²) in [6.07, 6.45) is 1.81. The Balaban J connectivity index is 2.16. The molecule has 0 atom stereocenters. The molecule has 0 unspecified atom stereocenters. The lowest BCUT2D eigenvalue weighted by Crippen LogP contribution is -1.95. The van der Waals surface area contributed by atoms with Gasteiger partial charge in [0.15, 0.2) is 5.13 Å². The topological polar surface area (TPSA) is 58.0 Å². The molecule has 4 nitrogen and oxygen atoms in total. The van der Waals surface area contributed by atoms with Gasteiger partial charge in [-0.3, -0.25) is 0 Å². The number of aromatic nitrogens is 2. The Morgan fingerprint density at radius 3 is 3.00 bits per heavy atom. The summed E-state index contributed by atoms with van der Waals surface area (Å²) >= 11 is 1.57. The number of nitrogens with one attached hydrogen (secondary N) is 1. The first-order chi connectivity index (χ1) is 7.28. The molecule has 0 aliphatic heterocycles. The summed E-state index contributed by atoms with van der Waals surface area (Å²) in [5.74, 6) is 0.705. The van der Waals surface area contributed by atoms with Crippen molar-refractivity contribution in [2.75, 3.05) is 5.32 Å². The number of hydrogen-bond donors (Lipinski definition) is 2. The summed E-state index contributed by atoms with van der Waals surface area (Å²) in [5.41, 5.74) is 0.647. The van der Waals surface area contributed by atoms with Gasteiger partial charge in [-0.25, -0.2) is 9.97 Å². The Morgan fingerprint density at radius 2 is 2.33 bits per heavy atom. The molecule has 2 heterocycles. The summed E-state index contributed by atoms with van der Waals surface area (Å²) in [5, 5.41) is 12.8. The fourth-order valence-electron chi connectivity index (χ4n) is 1.16. The van der Waals surface area contributed by atoms with E-state index in [0.717, 1.165) is 10.0 Å². The maximum Gasteiger partial charge on any atom is 0.188 e. The van der Waals surface area contributed by atoms with Crippen molar-refractivity contribution < 1.29 is 5.11 Å². The first-order valence-corrected chi connectivity index (χ1v) is 5.36. The minimum Gasteiger partial charge on any atom is -0.390 e. The largest absolute Gasteiger partial charge is 0.390 e. The lowest BCUT2D eigenvalue weighted by molar-refractivity contribution is 0.277. The molecule has 0 radical (unpaired) electrons. The van der Waals surface area contributed by atoms with Gasteiger partial charge < -0.3 is 10.4 Å². The predicted octanol–water partition coefficient (Wildman–Crippen LogP) is 2.08. The van der Waals surface area contributed by atoms with Crippen molar-refractivity contribution >= 4 is 22.3 Å². The number of aliphatic hydroxyl groups is 1. The Kier molecular flexibility index (Phi) is 2.94. The van der Waals surface area contributed by atoms with Crippen LogP contribution in [0.1, 0.15) is 10.6 Å². The van der Waals surface area contributed by atoms with Crippen molar-refractivity contribution in [3.05, 3.63) is 35.0 Å². The van der Waals surface area contributed by atoms with Crippen LogP contribution < -0.4 is 5.32 Å². The molecule has 2 aromatic rings. The highest BCUT2D eigenvalue weighted by Crippen LogP contribution is 2.20. The van der Waals surface area contributed by atoms with Crippen LogP contribution in [0.25, 0.3) is 0 Å². The first kappa shape index (κ1) is 10.1. The van der Waals surface area contributed by atoms with Gasteiger partial charge in [-0.15, -0.1) is 11.3 Å². The second-order valence-corrected chi connectivity index (χ2v) is 4.31. The lowest BCUT2D eigenvalue weighted by Gasteiger charge is -2.02. The highest BCUT2D eigenvalue weighted by atomic mass is 32.1. The molecule has 0 saturated carbocycles. The zero-order chi connectivity index (χ0) is 10.7. The second-order valence-electron chi connectivity index (χ2n) is 3.07. The van der Waals surface area contributed by atoms with Crippen LogP contribution >= 0.6 is 11.3 Å². The van der Waals surface area contributed by atoms with Crippen LogP contribution in [0.5, 0.6) is 0 Å². The van der Waals surface area contributed by atoms with Crippen molar-refractivity contribution in [3.8, 4) is 0 Å². The van der Waals surface area contributed by atoms with Crippen LogP contribution in [-0.2, 0) is 6.61 Å². The molecule has 0 bridgehead atoms. The maximum atomic E-state index is 8.93. The van der Waals surface area contributed by atoms with Crippen molar-refractivity contribution in [1.82, 2.24) is 9.97 Å². The standard InChI is InChI=1S/C10H11N3OS/c1-7-5-11-10(15-7)13-9-4-2-3-8(6-14)12-9/h2-5,14H,6H2,1H3,(H,11,12,13). The van der Waals surface area contributed by atoms with Gasteiger partial charge in [-0.2, -0.15) is 0 Å². The molecule has 5 heteroatoms. The van der Waals surface area contributed by atoms with E-state index < -0.39 is 0 Å². The molecule has 78 valence electrons. The third-order valence-electron chi connectivity index (χ3n) is 1.83. The van der Waals surface area contributed by atoms with Gasteiger partial charge in [0, 0.05) is 11.1 Å². The Bertz CT molecular complexity index is 455. The minimum atomic E-state index is -0.0492. The van der Waals surface area contributed by atoms with Crippen LogP contribution in [0, 0.1) is 6.92 Å². The quantitative estimate of drug-likeness (QED) is 0.833. The average molecular weight is 221 g/mol. The molecule has 0 aliphatic carbocycles. The number of aryl methyl sites for hydroxylation is 1. The van der Waals surface area contributed by atoms with Crippen LogP contribution in [0.4, 0.5) is 10.9 Å². The number of anilines is 2. The third kappa shape index (κ3) is 2.51. The lowest BCUT2D eigenvalue weighted by atomic mass is 10.3. The van der Waals surface area contributed by atoms with E-state index in [4.69, 9.17) is 5.11 Å². The highest BCUT2D eigenvalue weighted by Gasteiger charge is 2.00. The molecule has 15 heavy (non-hydrogen) atoms. The number of thiazole rings is 1. The number of nitrogens with zero attached hydrogens (tertiary/aromatic N) is 2. The van der Waals surface area contributed by atoms with Gasteiger partial charge in [-0.1, -0.05) is 6.07 Å². The van der Waals surface area contributed by atoms with E-state index in [9.17, 15) is 0 Å². The van der Waals surface area contributed by atoms with Crippen molar-refractivity contribution in [2.45, 2.75) is 13.5 Å². The summed E-state index contributed by atoms with van der Waals surface area (Å²) in [7, 11) is 0. The molecule has 0 fully saturated rings. The van der Waals surface area contributed by atoms with Crippen LogP contribution in [0.3, 0.4) is 0 Å². The number of hydrogen-bond acceptors (Lipinski definition) is 5.